The van der Waals surface area contributed by atoms with Gasteiger partial charge in [0.1, 0.15) is 5.82 Å². The molecule has 0 amide bonds. The van der Waals surface area contributed by atoms with E-state index in [1.54, 1.807) is 12.1 Å². The standard InChI is InChI=1S/C25H36FN/c1-9-11-23(10-2)13-12-17(3)21(7)27-22(8)18(4)16-25-19(5)14-24(26)15-20(25)6/h10,12-15,18,21,27H,3,8-9,11,16H2,1-2,4-7H3/b13-12-,23-10-/t18-,21?/m0/s1. The van der Waals surface area contributed by atoms with Crippen LogP contribution < -0.4 is 5.32 Å². The number of nitrogens with one attached hydrogen (secondary N) is 1. The van der Waals surface area contributed by atoms with E-state index in [-0.39, 0.29) is 17.8 Å². The Bertz CT molecular complexity index is 701. The minimum atomic E-state index is -0.168. The third-order valence-electron chi connectivity index (χ3n) is 5.15. The third-order valence-corrected chi connectivity index (χ3v) is 5.15. The smallest absolute Gasteiger partial charge is 0.123 e. The molecular formula is C25H36FN. The van der Waals surface area contributed by atoms with Gasteiger partial charge in [-0.05, 0) is 80.9 Å². The van der Waals surface area contributed by atoms with Gasteiger partial charge in [-0.1, -0.05) is 57.2 Å². The summed E-state index contributed by atoms with van der Waals surface area (Å²) >= 11 is 0. The molecule has 2 atom stereocenters. The molecule has 2 heteroatoms. The van der Waals surface area contributed by atoms with Crippen LogP contribution in [-0.2, 0) is 6.42 Å². The average Bonchev–Trinajstić information content (AvgIpc) is 2.60. The molecule has 1 unspecified atom stereocenters. The summed E-state index contributed by atoms with van der Waals surface area (Å²) in [7, 11) is 0. The molecule has 0 heterocycles. The molecule has 0 aliphatic rings. The molecule has 1 N–H and O–H groups in total. The maximum absolute atomic E-state index is 13.5. The van der Waals surface area contributed by atoms with Crippen LogP contribution in [0.15, 0.2) is 60.4 Å². The van der Waals surface area contributed by atoms with Gasteiger partial charge in [-0.3, -0.25) is 0 Å². The summed E-state index contributed by atoms with van der Waals surface area (Å²) in [5.41, 5.74) is 6.56. The summed E-state index contributed by atoms with van der Waals surface area (Å²) in [5.74, 6) is 0.0805. The Morgan fingerprint density at radius 2 is 1.74 bits per heavy atom. The van der Waals surface area contributed by atoms with Crippen LogP contribution in [0.2, 0.25) is 0 Å². The number of benzene rings is 1. The molecular weight excluding hydrogens is 333 g/mol. The van der Waals surface area contributed by atoms with Gasteiger partial charge in [0.05, 0.1) is 0 Å². The van der Waals surface area contributed by atoms with Crippen LogP contribution in [0.3, 0.4) is 0 Å². The van der Waals surface area contributed by atoms with E-state index >= 15 is 0 Å². The molecule has 0 aromatic heterocycles. The second-order valence-corrected chi connectivity index (χ2v) is 7.54. The number of halogens is 1. The van der Waals surface area contributed by atoms with E-state index in [2.05, 4.69) is 64.4 Å². The minimum absolute atomic E-state index is 0.117. The SMILES string of the molecule is C=C(/C=C\C(=C/C)CCC)C(C)NC(=C)[C@@H](C)Cc1c(C)cc(F)cc1C. The lowest BCUT2D eigenvalue weighted by Gasteiger charge is -2.23. The van der Waals surface area contributed by atoms with E-state index in [1.807, 2.05) is 13.8 Å². The molecule has 0 spiro atoms. The van der Waals surface area contributed by atoms with E-state index in [9.17, 15) is 4.39 Å². The fourth-order valence-corrected chi connectivity index (χ4v) is 3.18. The summed E-state index contributed by atoms with van der Waals surface area (Å²) in [4.78, 5) is 0. The molecule has 0 aliphatic carbocycles. The molecule has 148 valence electrons. The van der Waals surface area contributed by atoms with Crippen LogP contribution in [0, 0.1) is 25.6 Å². The summed E-state index contributed by atoms with van der Waals surface area (Å²) in [6, 6.07) is 3.33. The van der Waals surface area contributed by atoms with Crippen LogP contribution in [0.4, 0.5) is 4.39 Å². The van der Waals surface area contributed by atoms with E-state index < -0.39 is 0 Å². The predicted octanol–water partition coefficient (Wildman–Crippen LogP) is 6.97. The average molecular weight is 370 g/mol. The maximum Gasteiger partial charge on any atom is 0.123 e. The largest absolute Gasteiger partial charge is 0.382 e. The molecule has 0 aliphatic heterocycles. The van der Waals surface area contributed by atoms with Crippen molar-refractivity contribution in [1.82, 2.24) is 5.32 Å². The van der Waals surface area contributed by atoms with Crippen molar-refractivity contribution in [3.05, 3.63) is 82.9 Å². The van der Waals surface area contributed by atoms with Crippen molar-refractivity contribution in [2.75, 3.05) is 0 Å². The van der Waals surface area contributed by atoms with Gasteiger partial charge < -0.3 is 5.32 Å². The Labute approximate surface area is 165 Å². The fraction of sp³-hybridized carbons (Fsp3) is 0.440. The van der Waals surface area contributed by atoms with Gasteiger partial charge in [-0.2, -0.15) is 0 Å². The van der Waals surface area contributed by atoms with Crippen molar-refractivity contribution >= 4 is 0 Å². The highest BCUT2D eigenvalue weighted by Gasteiger charge is 2.14. The second kappa shape index (κ2) is 10.9. The van der Waals surface area contributed by atoms with E-state index in [0.29, 0.717) is 0 Å². The highest BCUT2D eigenvalue weighted by Crippen LogP contribution is 2.22. The van der Waals surface area contributed by atoms with Crippen molar-refractivity contribution in [3.63, 3.8) is 0 Å². The van der Waals surface area contributed by atoms with Crippen LogP contribution in [0.25, 0.3) is 0 Å². The van der Waals surface area contributed by atoms with Crippen molar-refractivity contribution in [2.45, 2.75) is 66.8 Å². The Morgan fingerprint density at radius 3 is 2.26 bits per heavy atom. The molecule has 1 aromatic carbocycles. The number of rotatable bonds is 10. The fourth-order valence-electron chi connectivity index (χ4n) is 3.18. The lowest BCUT2D eigenvalue weighted by Crippen LogP contribution is -2.29. The van der Waals surface area contributed by atoms with Crippen molar-refractivity contribution in [2.24, 2.45) is 5.92 Å². The highest BCUT2D eigenvalue weighted by atomic mass is 19.1. The zero-order valence-corrected chi connectivity index (χ0v) is 18.0. The van der Waals surface area contributed by atoms with Gasteiger partial charge in [0, 0.05) is 11.7 Å². The molecule has 0 radical (unpaired) electrons. The highest BCUT2D eigenvalue weighted by molar-refractivity contribution is 5.35. The van der Waals surface area contributed by atoms with Gasteiger partial charge in [-0.15, -0.1) is 0 Å². The van der Waals surface area contributed by atoms with Crippen LogP contribution >= 0.6 is 0 Å². The van der Waals surface area contributed by atoms with E-state index in [4.69, 9.17) is 0 Å². The topological polar surface area (TPSA) is 12.0 Å². The molecule has 0 saturated heterocycles. The monoisotopic (exact) mass is 369 g/mol. The van der Waals surface area contributed by atoms with Gasteiger partial charge in [-0.25, -0.2) is 4.39 Å². The summed E-state index contributed by atoms with van der Waals surface area (Å²) in [6.45, 7) is 20.9. The van der Waals surface area contributed by atoms with Crippen LogP contribution in [-0.4, -0.2) is 6.04 Å². The van der Waals surface area contributed by atoms with Crippen LogP contribution in [0.1, 0.15) is 57.2 Å². The molecule has 1 aromatic rings. The minimum Gasteiger partial charge on any atom is -0.382 e. The van der Waals surface area contributed by atoms with E-state index in [0.717, 1.165) is 41.7 Å². The first kappa shape index (κ1) is 23.0. The molecule has 1 rings (SSSR count). The van der Waals surface area contributed by atoms with Gasteiger partial charge >= 0.3 is 0 Å². The Balaban J connectivity index is 2.69. The molecule has 1 nitrogen and oxygen atoms in total. The number of aryl methyl sites for hydroxylation is 2. The lowest BCUT2D eigenvalue weighted by atomic mass is 9.91. The molecule has 0 bridgehead atoms. The lowest BCUT2D eigenvalue weighted by molar-refractivity contribution is 0.571. The Morgan fingerprint density at radius 1 is 1.15 bits per heavy atom. The first-order chi connectivity index (χ1) is 12.7. The van der Waals surface area contributed by atoms with Crippen LogP contribution in [0.5, 0.6) is 0 Å². The Kier molecular flexibility index (Phi) is 9.28. The zero-order chi connectivity index (χ0) is 20.6. The number of hydrogen-bond donors (Lipinski definition) is 1. The normalized spacial score (nSPS) is 14.3. The predicted molar refractivity (Wildman–Crippen MR) is 117 cm³/mol. The summed E-state index contributed by atoms with van der Waals surface area (Å²) in [6.07, 6.45) is 9.47. The third kappa shape index (κ3) is 7.21. The molecule has 0 fully saturated rings. The van der Waals surface area contributed by atoms with Crippen molar-refractivity contribution in [1.29, 1.82) is 0 Å². The van der Waals surface area contributed by atoms with Crippen molar-refractivity contribution in [3.8, 4) is 0 Å². The summed E-state index contributed by atoms with van der Waals surface area (Å²) < 4.78 is 13.5. The first-order valence-corrected chi connectivity index (χ1v) is 9.92. The Hall–Kier alpha value is -2.09. The van der Waals surface area contributed by atoms with Crippen molar-refractivity contribution < 1.29 is 4.39 Å². The van der Waals surface area contributed by atoms with Gasteiger partial charge in [0.25, 0.3) is 0 Å². The second-order valence-electron chi connectivity index (χ2n) is 7.54. The quantitative estimate of drug-likeness (QED) is 0.439. The number of hydrogen-bond acceptors (Lipinski definition) is 1. The summed E-state index contributed by atoms with van der Waals surface area (Å²) in [5, 5.41) is 3.48. The van der Waals surface area contributed by atoms with E-state index in [1.165, 1.54) is 11.1 Å². The maximum atomic E-state index is 13.5. The number of allylic oxidation sites excluding steroid dienone is 4. The van der Waals surface area contributed by atoms with Gasteiger partial charge in [0.15, 0.2) is 0 Å². The molecule has 0 saturated carbocycles. The first-order valence-electron chi connectivity index (χ1n) is 9.92. The van der Waals surface area contributed by atoms with Gasteiger partial charge in [0.2, 0.25) is 0 Å². The zero-order valence-electron chi connectivity index (χ0n) is 18.0. The molecule has 27 heavy (non-hydrogen) atoms.